The van der Waals surface area contributed by atoms with Gasteiger partial charge in [0.2, 0.25) is 5.95 Å². The number of nitrogens with two attached hydrogens (primary N) is 1. The van der Waals surface area contributed by atoms with E-state index in [1.54, 1.807) is 0 Å². The first-order valence-electron chi connectivity index (χ1n) is 7.90. The molecule has 3 rings (SSSR count). The monoisotopic (exact) mass is 282 g/mol. The van der Waals surface area contributed by atoms with Crippen LogP contribution in [0.15, 0.2) is 30.3 Å². The number of anilines is 1. The summed E-state index contributed by atoms with van der Waals surface area (Å²) in [5.41, 5.74) is 6.91. The van der Waals surface area contributed by atoms with Crippen LogP contribution >= 0.6 is 0 Å². The summed E-state index contributed by atoms with van der Waals surface area (Å²) in [6, 6.07) is 9.99. The van der Waals surface area contributed by atoms with Gasteiger partial charge in [0.15, 0.2) is 5.82 Å². The summed E-state index contributed by atoms with van der Waals surface area (Å²) in [6.45, 7) is 0. The molecule has 0 saturated heterocycles. The summed E-state index contributed by atoms with van der Waals surface area (Å²) in [7, 11) is 0. The van der Waals surface area contributed by atoms with Crippen LogP contribution in [-0.2, 0) is 0 Å². The largest absolute Gasteiger partial charge is 0.368 e. The van der Waals surface area contributed by atoms with Crippen LogP contribution < -0.4 is 5.73 Å². The third kappa shape index (κ3) is 3.57. The van der Waals surface area contributed by atoms with Crippen LogP contribution in [0.5, 0.6) is 0 Å². The van der Waals surface area contributed by atoms with Crippen molar-refractivity contribution >= 4 is 5.95 Å². The van der Waals surface area contributed by atoms with Gasteiger partial charge in [-0.05, 0) is 12.8 Å². The fourth-order valence-corrected chi connectivity index (χ4v) is 3.02. The number of nitrogen functional groups attached to an aromatic ring is 1. The van der Waals surface area contributed by atoms with Crippen molar-refractivity contribution in [2.75, 3.05) is 5.73 Å². The van der Waals surface area contributed by atoms with E-state index in [2.05, 4.69) is 9.97 Å². The summed E-state index contributed by atoms with van der Waals surface area (Å²) in [6.07, 6.45) is 8.86. The van der Waals surface area contributed by atoms with Gasteiger partial charge in [-0.3, -0.25) is 0 Å². The van der Waals surface area contributed by atoms with Crippen molar-refractivity contribution in [3.63, 3.8) is 0 Å². The van der Waals surface area contributed by atoms with Gasteiger partial charge in [-0.1, -0.05) is 62.4 Å². The van der Waals surface area contributed by atoms with Crippen LogP contribution in [0.1, 0.15) is 56.7 Å². The standard InChI is InChI=1S/C17H22N4/c18-17-20-15(13-9-5-2-1-3-6-10-13)19-16(21-17)14-11-7-4-8-12-14/h4,7-8,11-13H,1-3,5-6,9-10H2,(H2,18,19,20,21). The predicted octanol–water partition coefficient (Wildman–Crippen LogP) is 3.95. The van der Waals surface area contributed by atoms with Gasteiger partial charge in [0.05, 0.1) is 0 Å². The molecule has 0 radical (unpaired) electrons. The van der Waals surface area contributed by atoms with Gasteiger partial charge in [-0.15, -0.1) is 0 Å². The molecule has 1 aromatic carbocycles. The molecule has 110 valence electrons. The fourth-order valence-electron chi connectivity index (χ4n) is 3.02. The Kier molecular flexibility index (Phi) is 4.43. The highest BCUT2D eigenvalue weighted by Crippen LogP contribution is 2.30. The van der Waals surface area contributed by atoms with Crippen molar-refractivity contribution < 1.29 is 0 Å². The number of benzene rings is 1. The number of rotatable bonds is 2. The molecule has 0 bridgehead atoms. The van der Waals surface area contributed by atoms with Gasteiger partial charge in [0.25, 0.3) is 0 Å². The number of aromatic nitrogens is 3. The van der Waals surface area contributed by atoms with E-state index in [0.29, 0.717) is 17.7 Å². The fraction of sp³-hybridized carbons (Fsp3) is 0.471. The first-order valence-corrected chi connectivity index (χ1v) is 7.90. The van der Waals surface area contributed by atoms with Crippen molar-refractivity contribution in [1.29, 1.82) is 0 Å². The summed E-state index contributed by atoms with van der Waals surface area (Å²) in [4.78, 5) is 13.4. The zero-order valence-electron chi connectivity index (χ0n) is 12.3. The summed E-state index contributed by atoms with van der Waals surface area (Å²) < 4.78 is 0. The van der Waals surface area contributed by atoms with Crippen LogP contribution in [0, 0.1) is 0 Å². The van der Waals surface area contributed by atoms with E-state index in [1.807, 2.05) is 30.3 Å². The van der Waals surface area contributed by atoms with E-state index in [1.165, 1.54) is 32.1 Å². The number of nitrogens with zero attached hydrogens (tertiary/aromatic N) is 3. The lowest BCUT2D eigenvalue weighted by molar-refractivity contribution is 0.442. The average Bonchev–Trinajstić information content (AvgIpc) is 2.47. The van der Waals surface area contributed by atoms with E-state index in [4.69, 9.17) is 10.7 Å². The van der Waals surface area contributed by atoms with Gasteiger partial charge in [-0.25, -0.2) is 4.98 Å². The highest BCUT2D eigenvalue weighted by molar-refractivity contribution is 5.55. The minimum absolute atomic E-state index is 0.334. The van der Waals surface area contributed by atoms with Crippen LogP contribution in [-0.4, -0.2) is 15.0 Å². The first-order chi connectivity index (χ1) is 10.3. The summed E-state index contributed by atoms with van der Waals surface area (Å²) in [5, 5.41) is 0. The molecule has 0 amide bonds. The molecule has 1 saturated carbocycles. The smallest absolute Gasteiger partial charge is 0.223 e. The Balaban J connectivity index is 1.89. The molecular formula is C17H22N4. The number of hydrogen-bond donors (Lipinski definition) is 1. The second kappa shape index (κ2) is 6.66. The average molecular weight is 282 g/mol. The molecule has 21 heavy (non-hydrogen) atoms. The van der Waals surface area contributed by atoms with Crippen molar-refractivity contribution in [1.82, 2.24) is 15.0 Å². The zero-order valence-corrected chi connectivity index (χ0v) is 12.3. The first kappa shape index (κ1) is 14.0. The Hall–Kier alpha value is -1.97. The normalized spacial score (nSPS) is 17.1. The minimum Gasteiger partial charge on any atom is -0.368 e. The Morgan fingerprint density at radius 3 is 2.19 bits per heavy atom. The van der Waals surface area contributed by atoms with E-state index < -0.39 is 0 Å². The van der Waals surface area contributed by atoms with E-state index >= 15 is 0 Å². The third-order valence-corrected chi connectivity index (χ3v) is 4.17. The van der Waals surface area contributed by atoms with Gasteiger partial charge in [-0.2, -0.15) is 9.97 Å². The Morgan fingerprint density at radius 1 is 0.810 bits per heavy atom. The molecule has 4 nitrogen and oxygen atoms in total. The van der Waals surface area contributed by atoms with Crippen LogP contribution in [0.25, 0.3) is 11.4 Å². The molecule has 0 aliphatic heterocycles. The maximum atomic E-state index is 5.91. The van der Waals surface area contributed by atoms with Gasteiger partial charge < -0.3 is 5.73 Å². The van der Waals surface area contributed by atoms with Gasteiger partial charge in [0.1, 0.15) is 5.82 Å². The maximum absolute atomic E-state index is 5.91. The molecule has 0 atom stereocenters. The second-order valence-corrected chi connectivity index (χ2v) is 5.78. The molecule has 0 unspecified atom stereocenters. The third-order valence-electron chi connectivity index (χ3n) is 4.17. The summed E-state index contributed by atoms with van der Waals surface area (Å²) >= 11 is 0. The maximum Gasteiger partial charge on any atom is 0.223 e. The molecule has 1 heterocycles. The Labute approximate surface area is 125 Å². The lowest BCUT2D eigenvalue weighted by Crippen LogP contribution is -2.11. The van der Waals surface area contributed by atoms with Crippen LogP contribution in [0.3, 0.4) is 0 Å². The van der Waals surface area contributed by atoms with Crippen molar-refractivity contribution in [2.24, 2.45) is 0 Å². The molecule has 2 N–H and O–H groups in total. The SMILES string of the molecule is Nc1nc(-c2ccccc2)nc(C2CCCCCCC2)n1. The van der Waals surface area contributed by atoms with E-state index in [9.17, 15) is 0 Å². The van der Waals surface area contributed by atoms with Crippen molar-refractivity contribution in [3.05, 3.63) is 36.2 Å². The second-order valence-electron chi connectivity index (χ2n) is 5.78. The van der Waals surface area contributed by atoms with Crippen LogP contribution in [0.4, 0.5) is 5.95 Å². The van der Waals surface area contributed by atoms with Crippen molar-refractivity contribution in [3.8, 4) is 11.4 Å². The topological polar surface area (TPSA) is 64.7 Å². The Bertz CT molecular complexity index is 575. The molecule has 1 fully saturated rings. The molecule has 2 aromatic rings. The molecular weight excluding hydrogens is 260 g/mol. The highest BCUT2D eigenvalue weighted by Gasteiger charge is 2.18. The predicted molar refractivity (Wildman–Crippen MR) is 84.7 cm³/mol. The number of hydrogen-bond acceptors (Lipinski definition) is 4. The molecule has 1 aliphatic rings. The van der Waals surface area contributed by atoms with E-state index in [-0.39, 0.29) is 0 Å². The molecule has 4 heteroatoms. The van der Waals surface area contributed by atoms with E-state index in [0.717, 1.165) is 24.2 Å². The van der Waals surface area contributed by atoms with Gasteiger partial charge in [0, 0.05) is 11.5 Å². The van der Waals surface area contributed by atoms with Crippen molar-refractivity contribution in [2.45, 2.75) is 50.9 Å². The highest BCUT2D eigenvalue weighted by atomic mass is 15.1. The molecule has 0 spiro atoms. The Morgan fingerprint density at radius 2 is 1.48 bits per heavy atom. The lowest BCUT2D eigenvalue weighted by atomic mass is 9.90. The van der Waals surface area contributed by atoms with Crippen LogP contribution in [0.2, 0.25) is 0 Å². The lowest BCUT2D eigenvalue weighted by Gasteiger charge is -2.18. The minimum atomic E-state index is 0.334. The molecule has 1 aromatic heterocycles. The summed E-state index contributed by atoms with van der Waals surface area (Å²) in [5.74, 6) is 2.34. The quantitative estimate of drug-likeness (QED) is 0.905. The molecule has 1 aliphatic carbocycles. The van der Waals surface area contributed by atoms with Gasteiger partial charge >= 0.3 is 0 Å². The zero-order chi connectivity index (χ0) is 14.5.